The van der Waals surface area contributed by atoms with E-state index < -0.39 is 0 Å². The molecule has 0 bridgehead atoms. The normalized spacial score (nSPS) is 12.2. The minimum atomic E-state index is -0.0688. The predicted octanol–water partition coefficient (Wildman–Crippen LogP) is 2.65. The largest absolute Gasteiger partial charge is 0.323 e. The summed E-state index contributed by atoms with van der Waals surface area (Å²) < 4.78 is 0. The zero-order valence-electron chi connectivity index (χ0n) is 9.06. The fourth-order valence-electron chi connectivity index (χ4n) is 1.68. The number of aromatic nitrogens is 1. The first kappa shape index (κ1) is 10.7. The van der Waals surface area contributed by atoms with Crippen molar-refractivity contribution in [2.24, 2.45) is 5.73 Å². The maximum absolute atomic E-state index is 6.01. The van der Waals surface area contributed by atoms with Crippen molar-refractivity contribution < 1.29 is 0 Å². The Hall–Kier alpha value is -1.85. The average molecular weight is 210 g/mol. The quantitative estimate of drug-likeness (QED) is 0.791. The summed E-state index contributed by atoms with van der Waals surface area (Å²) in [6, 6.07) is 12.0. The van der Waals surface area contributed by atoms with Crippen molar-refractivity contribution in [1.29, 1.82) is 0 Å². The predicted molar refractivity (Wildman–Crippen MR) is 66.7 cm³/mol. The number of rotatable bonds is 3. The van der Waals surface area contributed by atoms with E-state index in [9.17, 15) is 0 Å². The molecule has 0 saturated heterocycles. The molecule has 2 nitrogen and oxygen atoms in total. The highest BCUT2D eigenvalue weighted by Gasteiger charge is 2.07. The second kappa shape index (κ2) is 4.78. The summed E-state index contributed by atoms with van der Waals surface area (Å²) in [7, 11) is 0. The molecule has 0 aliphatic carbocycles. The summed E-state index contributed by atoms with van der Waals surface area (Å²) in [4.78, 5) is 4.53. The molecule has 0 spiro atoms. The number of terminal acetylenes is 1. The topological polar surface area (TPSA) is 38.9 Å². The van der Waals surface area contributed by atoms with Crippen LogP contribution >= 0.6 is 0 Å². The molecule has 2 N–H and O–H groups in total. The Morgan fingerprint density at radius 2 is 2.06 bits per heavy atom. The molecule has 16 heavy (non-hydrogen) atoms. The van der Waals surface area contributed by atoms with Gasteiger partial charge in [-0.3, -0.25) is 4.98 Å². The Kier molecular flexibility index (Phi) is 3.19. The monoisotopic (exact) mass is 210 g/mol. The maximum Gasteiger partial charge on any atom is 0.0706 e. The first-order chi connectivity index (χ1) is 7.81. The van der Waals surface area contributed by atoms with Gasteiger partial charge in [0, 0.05) is 17.8 Å². The molecule has 1 aromatic heterocycles. The Bertz CT molecular complexity index is 525. The van der Waals surface area contributed by atoms with Crippen LogP contribution in [0.5, 0.6) is 0 Å². The second-order valence-corrected chi connectivity index (χ2v) is 3.78. The zero-order valence-corrected chi connectivity index (χ0v) is 9.06. The SMILES string of the molecule is C#CCCC(N)c1ccc2ccccc2n1. The van der Waals surface area contributed by atoms with E-state index in [1.54, 1.807) is 0 Å². The van der Waals surface area contributed by atoms with E-state index in [1.807, 2.05) is 36.4 Å². The summed E-state index contributed by atoms with van der Waals surface area (Å²) in [6.45, 7) is 0. The fraction of sp³-hybridized carbons (Fsp3) is 0.214. The van der Waals surface area contributed by atoms with E-state index in [4.69, 9.17) is 12.2 Å². The molecule has 0 saturated carbocycles. The van der Waals surface area contributed by atoms with Crippen LogP contribution in [0.1, 0.15) is 24.6 Å². The summed E-state index contributed by atoms with van der Waals surface area (Å²) in [5.41, 5.74) is 7.91. The van der Waals surface area contributed by atoms with Crippen LogP contribution in [0.2, 0.25) is 0 Å². The lowest BCUT2D eigenvalue weighted by Gasteiger charge is -2.09. The molecular formula is C14H14N2. The van der Waals surface area contributed by atoms with E-state index in [1.165, 1.54) is 0 Å². The van der Waals surface area contributed by atoms with E-state index in [0.29, 0.717) is 6.42 Å². The molecule has 0 fully saturated rings. The van der Waals surface area contributed by atoms with Crippen molar-refractivity contribution in [2.75, 3.05) is 0 Å². The van der Waals surface area contributed by atoms with Gasteiger partial charge in [-0.2, -0.15) is 0 Å². The minimum Gasteiger partial charge on any atom is -0.323 e. The number of fused-ring (bicyclic) bond motifs is 1. The lowest BCUT2D eigenvalue weighted by molar-refractivity contribution is 0.651. The Labute approximate surface area is 95.5 Å². The molecule has 0 radical (unpaired) electrons. The number of hydrogen-bond donors (Lipinski definition) is 1. The molecule has 2 heteroatoms. The third-order valence-electron chi connectivity index (χ3n) is 2.60. The van der Waals surface area contributed by atoms with Gasteiger partial charge in [0.1, 0.15) is 0 Å². The Morgan fingerprint density at radius 1 is 1.25 bits per heavy atom. The molecule has 0 aliphatic heterocycles. The van der Waals surface area contributed by atoms with Crippen molar-refractivity contribution in [2.45, 2.75) is 18.9 Å². The third-order valence-corrected chi connectivity index (χ3v) is 2.60. The molecule has 2 rings (SSSR count). The standard InChI is InChI=1S/C14H14N2/c1-2-3-7-12(15)14-10-9-11-6-4-5-8-13(11)16-14/h1,4-6,8-10,12H,3,7,15H2. The van der Waals surface area contributed by atoms with Gasteiger partial charge in [0.2, 0.25) is 0 Å². The van der Waals surface area contributed by atoms with E-state index >= 15 is 0 Å². The number of pyridine rings is 1. The number of hydrogen-bond acceptors (Lipinski definition) is 2. The molecule has 1 atom stereocenters. The smallest absolute Gasteiger partial charge is 0.0706 e. The van der Waals surface area contributed by atoms with Crippen LogP contribution in [-0.4, -0.2) is 4.98 Å². The number of benzene rings is 1. The van der Waals surface area contributed by atoms with Crippen molar-refractivity contribution in [1.82, 2.24) is 4.98 Å². The van der Waals surface area contributed by atoms with Crippen LogP contribution < -0.4 is 5.73 Å². The molecule has 1 aromatic carbocycles. The summed E-state index contributed by atoms with van der Waals surface area (Å²) in [5.74, 6) is 2.60. The van der Waals surface area contributed by atoms with Crippen LogP contribution in [0.25, 0.3) is 10.9 Å². The fourth-order valence-corrected chi connectivity index (χ4v) is 1.68. The molecule has 1 heterocycles. The zero-order chi connectivity index (χ0) is 11.4. The molecule has 0 amide bonds. The Morgan fingerprint density at radius 3 is 2.88 bits per heavy atom. The van der Waals surface area contributed by atoms with Gasteiger partial charge in [0.25, 0.3) is 0 Å². The molecule has 2 aromatic rings. The van der Waals surface area contributed by atoms with Gasteiger partial charge in [-0.15, -0.1) is 12.3 Å². The van der Waals surface area contributed by atoms with Crippen molar-refractivity contribution >= 4 is 10.9 Å². The average Bonchev–Trinajstić information content (AvgIpc) is 2.35. The first-order valence-corrected chi connectivity index (χ1v) is 5.36. The number of nitrogens with zero attached hydrogens (tertiary/aromatic N) is 1. The van der Waals surface area contributed by atoms with Crippen LogP contribution in [-0.2, 0) is 0 Å². The minimum absolute atomic E-state index is 0.0688. The number of para-hydroxylation sites is 1. The van der Waals surface area contributed by atoms with Crippen LogP contribution in [0, 0.1) is 12.3 Å². The van der Waals surface area contributed by atoms with Crippen LogP contribution in [0.15, 0.2) is 36.4 Å². The maximum atomic E-state index is 6.01. The lowest BCUT2D eigenvalue weighted by atomic mass is 10.1. The van der Waals surface area contributed by atoms with Crippen LogP contribution in [0.4, 0.5) is 0 Å². The van der Waals surface area contributed by atoms with Crippen molar-refractivity contribution in [3.05, 3.63) is 42.1 Å². The highest BCUT2D eigenvalue weighted by atomic mass is 14.8. The molecular weight excluding hydrogens is 196 g/mol. The van der Waals surface area contributed by atoms with Gasteiger partial charge in [-0.25, -0.2) is 0 Å². The molecule has 1 unspecified atom stereocenters. The van der Waals surface area contributed by atoms with Gasteiger partial charge < -0.3 is 5.73 Å². The summed E-state index contributed by atoms with van der Waals surface area (Å²) in [5, 5.41) is 1.13. The molecule has 0 aliphatic rings. The second-order valence-electron chi connectivity index (χ2n) is 3.78. The lowest BCUT2D eigenvalue weighted by Crippen LogP contribution is -2.11. The summed E-state index contributed by atoms with van der Waals surface area (Å²) in [6.07, 6.45) is 6.69. The number of nitrogens with two attached hydrogens (primary N) is 1. The van der Waals surface area contributed by atoms with Gasteiger partial charge in [0.05, 0.1) is 11.2 Å². The van der Waals surface area contributed by atoms with Crippen molar-refractivity contribution in [3.8, 4) is 12.3 Å². The Balaban J connectivity index is 2.29. The van der Waals surface area contributed by atoms with E-state index in [-0.39, 0.29) is 6.04 Å². The third kappa shape index (κ3) is 2.21. The van der Waals surface area contributed by atoms with E-state index in [0.717, 1.165) is 23.0 Å². The van der Waals surface area contributed by atoms with Crippen molar-refractivity contribution in [3.63, 3.8) is 0 Å². The highest BCUT2D eigenvalue weighted by Crippen LogP contribution is 2.17. The van der Waals surface area contributed by atoms with E-state index in [2.05, 4.69) is 10.9 Å². The van der Waals surface area contributed by atoms with Gasteiger partial charge in [0.15, 0.2) is 0 Å². The first-order valence-electron chi connectivity index (χ1n) is 5.36. The molecule has 80 valence electrons. The van der Waals surface area contributed by atoms with Gasteiger partial charge in [-0.1, -0.05) is 24.3 Å². The van der Waals surface area contributed by atoms with Crippen LogP contribution in [0.3, 0.4) is 0 Å². The van der Waals surface area contributed by atoms with Gasteiger partial charge >= 0.3 is 0 Å². The highest BCUT2D eigenvalue weighted by molar-refractivity contribution is 5.78. The summed E-state index contributed by atoms with van der Waals surface area (Å²) >= 11 is 0. The van der Waals surface area contributed by atoms with Gasteiger partial charge in [-0.05, 0) is 18.6 Å².